The molecule has 1 aliphatic heterocycles. The van der Waals surface area contributed by atoms with E-state index in [0.717, 1.165) is 25.7 Å². The second kappa shape index (κ2) is 12.6. The molecule has 12 heteroatoms. The summed E-state index contributed by atoms with van der Waals surface area (Å²) in [5, 5.41) is 9.97. The first-order valence-electron chi connectivity index (χ1n) is 15.2. The Morgan fingerprint density at radius 3 is 2.30 bits per heavy atom. The van der Waals surface area contributed by atoms with Crippen molar-refractivity contribution in [2.45, 2.75) is 84.4 Å². The molecule has 43 heavy (non-hydrogen) atoms. The monoisotopic (exact) mass is 599 g/mol. The van der Waals surface area contributed by atoms with Crippen molar-refractivity contribution in [3.63, 3.8) is 0 Å². The highest BCUT2D eigenvalue weighted by Gasteiger charge is 2.37. The fourth-order valence-corrected chi connectivity index (χ4v) is 6.45. The Kier molecular flexibility index (Phi) is 9.05. The number of benzene rings is 1. The van der Waals surface area contributed by atoms with Crippen LogP contribution in [0, 0.1) is 5.92 Å². The largest absolute Gasteiger partial charge is 0.465 e. The zero-order valence-electron chi connectivity index (χ0n) is 25.7. The summed E-state index contributed by atoms with van der Waals surface area (Å²) in [5.74, 6) is 1.45. The molecule has 0 spiro atoms. The van der Waals surface area contributed by atoms with Gasteiger partial charge < -0.3 is 24.5 Å². The molecule has 234 valence electrons. The molecule has 1 saturated carbocycles. The molecule has 1 N–H and O–H groups in total. The number of carbonyl (C=O) groups is 1. The average molecular weight is 600 g/mol. The molecule has 2 aliphatic rings. The molecular formula is C31H43F2N7O3. The van der Waals surface area contributed by atoms with Gasteiger partial charge in [-0.2, -0.15) is 9.97 Å². The van der Waals surface area contributed by atoms with E-state index >= 15 is 0 Å². The average Bonchev–Trinajstić information content (AvgIpc) is 3.36. The lowest BCUT2D eigenvalue weighted by Gasteiger charge is -2.45. The van der Waals surface area contributed by atoms with E-state index in [9.17, 15) is 18.7 Å². The molecule has 0 bridgehead atoms. The van der Waals surface area contributed by atoms with E-state index in [1.807, 2.05) is 31.7 Å². The van der Waals surface area contributed by atoms with Crippen molar-refractivity contribution in [1.82, 2.24) is 24.4 Å². The second-order valence-electron chi connectivity index (χ2n) is 12.9. The van der Waals surface area contributed by atoms with Gasteiger partial charge in [0.05, 0.1) is 24.2 Å². The number of fused-ring (bicyclic) bond motifs is 1. The van der Waals surface area contributed by atoms with Gasteiger partial charge in [0.15, 0.2) is 5.82 Å². The van der Waals surface area contributed by atoms with Gasteiger partial charge in [-0.25, -0.2) is 18.6 Å². The highest BCUT2D eigenvalue weighted by atomic mass is 19.3. The minimum atomic E-state index is -2.79. The third-order valence-electron chi connectivity index (χ3n) is 8.25. The Labute approximate surface area is 251 Å². The van der Waals surface area contributed by atoms with Crippen LogP contribution in [0.15, 0.2) is 30.3 Å². The van der Waals surface area contributed by atoms with Crippen molar-refractivity contribution in [3.05, 3.63) is 36.2 Å². The maximum atomic E-state index is 14.4. The van der Waals surface area contributed by atoms with E-state index in [2.05, 4.69) is 23.7 Å². The standard InChI is InChI=1S/C31H43F2N7O3/c1-20(2)19-38(21-10-12-22(13-11-21)40(30(41)42)31(3,4)5)25-18-26(36-29(35-25)37-14-16-43-17-15-37)39-24-9-7-6-8-23(24)34-28(39)27(32)33/h6-9,18,20-22,27H,10-17,19H2,1-5H3,(H,41,42)/t21-,22-. The molecule has 10 nitrogen and oxygen atoms in total. The summed E-state index contributed by atoms with van der Waals surface area (Å²) in [6, 6.07) is 8.95. The van der Waals surface area contributed by atoms with Crippen LogP contribution in [-0.2, 0) is 4.74 Å². The summed E-state index contributed by atoms with van der Waals surface area (Å²) in [5.41, 5.74) is 0.540. The van der Waals surface area contributed by atoms with Crippen LogP contribution in [-0.4, -0.2) is 86.1 Å². The number of amides is 1. The number of morpholine rings is 1. The zero-order valence-corrected chi connectivity index (χ0v) is 25.7. The summed E-state index contributed by atoms with van der Waals surface area (Å²) in [7, 11) is 0. The predicted octanol–water partition coefficient (Wildman–Crippen LogP) is 6.14. The third kappa shape index (κ3) is 6.68. The van der Waals surface area contributed by atoms with Gasteiger partial charge in [-0.05, 0) is 64.5 Å². The van der Waals surface area contributed by atoms with Gasteiger partial charge in [0, 0.05) is 43.3 Å². The van der Waals surface area contributed by atoms with Crippen molar-refractivity contribution in [3.8, 4) is 5.82 Å². The molecule has 3 aromatic rings. The van der Waals surface area contributed by atoms with Crippen LogP contribution in [0.1, 0.15) is 72.6 Å². The van der Waals surface area contributed by atoms with E-state index in [-0.39, 0.29) is 17.9 Å². The lowest BCUT2D eigenvalue weighted by Crippen LogP contribution is -2.53. The molecular weight excluding hydrogens is 556 g/mol. The Bertz CT molecular complexity index is 1410. The van der Waals surface area contributed by atoms with Gasteiger partial charge in [0.1, 0.15) is 11.6 Å². The summed E-state index contributed by atoms with van der Waals surface area (Å²) in [4.78, 5) is 32.2. The highest BCUT2D eigenvalue weighted by molar-refractivity contribution is 5.78. The summed E-state index contributed by atoms with van der Waals surface area (Å²) < 4.78 is 35.7. The van der Waals surface area contributed by atoms with Crippen molar-refractivity contribution >= 4 is 28.9 Å². The number of alkyl halides is 2. The molecule has 2 aromatic heterocycles. The van der Waals surface area contributed by atoms with Gasteiger partial charge in [0.25, 0.3) is 6.43 Å². The maximum Gasteiger partial charge on any atom is 0.407 e. The molecule has 1 aliphatic carbocycles. The van der Waals surface area contributed by atoms with Crippen LogP contribution in [0.2, 0.25) is 0 Å². The van der Waals surface area contributed by atoms with Crippen molar-refractivity contribution in [1.29, 1.82) is 0 Å². The molecule has 2 fully saturated rings. The molecule has 1 aromatic carbocycles. The van der Waals surface area contributed by atoms with Crippen LogP contribution < -0.4 is 9.80 Å². The number of rotatable bonds is 8. The van der Waals surface area contributed by atoms with Gasteiger partial charge in [0.2, 0.25) is 5.95 Å². The highest BCUT2D eigenvalue weighted by Crippen LogP contribution is 2.35. The predicted molar refractivity (Wildman–Crippen MR) is 162 cm³/mol. The van der Waals surface area contributed by atoms with Gasteiger partial charge >= 0.3 is 6.09 Å². The van der Waals surface area contributed by atoms with E-state index in [1.165, 1.54) is 4.57 Å². The normalized spacial score (nSPS) is 19.8. The Morgan fingerprint density at radius 2 is 1.70 bits per heavy atom. The maximum absolute atomic E-state index is 14.4. The molecule has 3 heterocycles. The van der Waals surface area contributed by atoms with Crippen LogP contribution in [0.25, 0.3) is 16.9 Å². The molecule has 1 saturated heterocycles. The molecule has 0 unspecified atom stereocenters. The summed E-state index contributed by atoms with van der Waals surface area (Å²) >= 11 is 0. The second-order valence-corrected chi connectivity index (χ2v) is 12.9. The van der Waals surface area contributed by atoms with Gasteiger partial charge in [-0.3, -0.25) is 4.57 Å². The number of aromatic nitrogens is 4. The quantitative estimate of drug-likeness (QED) is 0.330. The SMILES string of the molecule is CC(C)CN(c1cc(-n2c(C(F)F)nc3ccccc32)nc(N2CCOCC2)n1)[C@H]1CC[C@H](N(C(=O)O)C(C)(C)C)CC1. The van der Waals surface area contributed by atoms with E-state index in [0.29, 0.717) is 67.4 Å². The number of halogens is 2. The summed E-state index contributed by atoms with van der Waals surface area (Å²) in [6.07, 6.45) is -0.635. The number of nitrogens with zero attached hydrogens (tertiary/aromatic N) is 7. The number of hydrogen-bond acceptors (Lipinski definition) is 7. The van der Waals surface area contributed by atoms with Crippen molar-refractivity contribution in [2.75, 3.05) is 42.6 Å². The van der Waals surface area contributed by atoms with Crippen LogP contribution in [0.5, 0.6) is 0 Å². The molecule has 5 rings (SSSR count). The zero-order chi connectivity index (χ0) is 30.9. The number of para-hydroxylation sites is 2. The Balaban J connectivity index is 1.56. The number of anilines is 2. The topological polar surface area (TPSA) is 99.9 Å². The molecule has 1 amide bonds. The van der Waals surface area contributed by atoms with Crippen LogP contribution >= 0.6 is 0 Å². The number of hydrogen-bond donors (Lipinski definition) is 1. The minimum absolute atomic E-state index is 0.0644. The Morgan fingerprint density at radius 1 is 1.05 bits per heavy atom. The van der Waals surface area contributed by atoms with E-state index in [1.54, 1.807) is 29.2 Å². The third-order valence-corrected chi connectivity index (χ3v) is 8.25. The van der Waals surface area contributed by atoms with Gasteiger partial charge in [-0.1, -0.05) is 26.0 Å². The lowest BCUT2D eigenvalue weighted by molar-refractivity contribution is 0.0544. The van der Waals surface area contributed by atoms with Gasteiger partial charge in [-0.15, -0.1) is 0 Å². The van der Waals surface area contributed by atoms with Crippen molar-refractivity contribution < 1.29 is 23.4 Å². The molecule has 0 atom stereocenters. The van der Waals surface area contributed by atoms with Crippen molar-refractivity contribution in [2.24, 2.45) is 5.92 Å². The van der Waals surface area contributed by atoms with Crippen LogP contribution in [0.4, 0.5) is 25.3 Å². The fraction of sp³-hybridized carbons (Fsp3) is 0.613. The number of imidazole rings is 1. The lowest BCUT2D eigenvalue weighted by atomic mass is 9.87. The number of ether oxygens (including phenoxy) is 1. The molecule has 0 radical (unpaired) electrons. The first-order chi connectivity index (χ1) is 20.4. The first-order valence-corrected chi connectivity index (χ1v) is 15.2. The van der Waals surface area contributed by atoms with Crippen LogP contribution in [0.3, 0.4) is 0 Å². The number of carboxylic acid groups (broad SMARTS) is 1. The summed E-state index contributed by atoms with van der Waals surface area (Å²) in [6.45, 7) is 13.1. The smallest absolute Gasteiger partial charge is 0.407 e. The van der Waals surface area contributed by atoms with E-state index < -0.39 is 18.1 Å². The minimum Gasteiger partial charge on any atom is -0.465 e. The Hall–Kier alpha value is -3.54. The fourth-order valence-electron chi connectivity index (χ4n) is 6.45. The first kappa shape index (κ1) is 30.9. The van der Waals surface area contributed by atoms with E-state index in [4.69, 9.17) is 14.7 Å².